The van der Waals surface area contributed by atoms with Crippen molar-refractivity contribution in [3.63, 3.8) is 0 Å². The van der Waals surface area contributed by atoms with Gasteiger partial charge in [0.1, 0.15) is 17.9 Å². The van der Waals surface area contributed by atoms with Crippen LogP contribution in [0, 0.1) is 11.3 Å². The van der Waals surface area contributed by atoms with Gasteiger partial charge in [-0.25, -0.2) is 0 Å². The number of aromatic nitrogens is 1. The summed E-state index contributed by atoms with van der Waals surface area (Å²) in [6, 6.07) is 14.3. The van der Waals surface area contributed by atoms with Gasteiger partial charge in [-0.1, -0.05) is 134 Å². The largest absolute Gasteiger partial charge is 0.486 e. The molecule has 2 aromatic rings. The smallest absolute Gasteiger partial charge is 0.139 e. The quantitative estimate of drug-likeness (QED) is 0.129. The molecule has 4 nitrogen and oxygen atoms in total. The number of hydrogen-bond donors (Lipinski definition) is 0. The number of nitriles is 1. The van der Waals surface area contributed by atoms with Gasteiger partial charge in [0.15, 0.2) is 0 Å². The van der Waals surface area contributed by atoms with Crippen LogP contribution in [0.1, 0.15) is 127 Å². The molecule has 0 spiro atoms. The molecular formula is C34H52N2O2. The molecule has 0 bridgehead atoms. The van der Waals surface area contributed by atoms with E-state index in [1.54, 1.807) is 18.5 Å². The van der Waals surface area contributed by atoms with E-state index in [4.69, 9.17) is 14.7 Å². The van der Waals surface area contributed by atoms with Crippen LogP contribution < -0.4 is 4.74 Å². The summed E-state index contributed by atoms with van der Waals surface area (Å²) in [6.07, 6.45) is 27.0. The normalized spacial score (nSPS) is 11.8. The molecule has 1 atom stereocenters. The van der Waals surface area contributed by atoms with Crippen molar-refractivity contribution >= 4 is 0 Å². The molecule has 0 aliphatic carbocycles. The topological polar surface area (TPSA) is 55.1 Å². The maximum Gasteiger partial charge on any atom is 0.139 e. The fraction of sp³-hybridized carbons (Fsp3) is 0.647. The number of rotatable bonds is 24. The van der Waals surface area contributed by atoms with Crippen LogP contribution in [0.4, 0.5) is 0 Å². The summed E-state index contributed by atoms with van der Waals surface area (Å²) < 4.78 is 12.2. The Bertz CT molecular complexity index is 849. The van der Waals surface area contributed by atoms with Gasteiger partial charge in [-0.2, -0.15) is 5.26 Å². The molecular weight excluding hydrogens is 468 g/mol. The molecule has 0 unspecified atom stereocenters. The Kier molecular flexibility index (Phi) is 18.9. The van der Waals surface area contributed by atoms with Crippen LogP contribution in [-0.4, -0.2) is 24.3 Å². The Balaban J connectivity index is 1.49. The summed E-state index contributed by atoms with van der Waals surface area (Å²) in [5.74, 6) is 0.633. The third-order valence-electron chi connectivity index (χ3n) is 7.19. The molecule has 2 rings (SSSR count). The molecule has 1 aromatic carbocycles. The van der Waals surface area contributed by atoms with Gasteiger partial charge in [-0.15, -0.1) is 0 Å². The monoisotopic (exact) mass is 520 g/mol. The van der Waals surface area contributed by atoms with E-state index in [-0.39, 0.29) is 6.10 Å². The summed E-state index contributed by atoms with van der Waals surface area (Å²) in [5.41, 5.74) is 1.81. The number of hydrogen-bond acceptors (Lipinski definition) is 4. The molecule has 4 heteroatoms. The summed E-state index contributed by atoms with van der Waals surface area (Å²) in [7, 11) is 0. The molecule has 0 aliphatic heterocycles. The van der Waals surface area contributed by atoms with E-state index < -0.39 is 0 Å². The van der Waals surface area contributed by atoms with Crippen LogP contribution >= 0.6 is 0 Å². The highest BCUT2D eigenvalue weighted by atomic mass is 16.5. The fourth-order valence-electron chi connectivity index (χ4n) is 4.85. The van der Waals surface area contributed by atoms with Crippen LogP contribution in [0.15, 0.2) is 48.8 Å². The highest BCUT2D eigenvalue weighted by Gasteiger charge is 2.12. The maximum absolute atomic E-state index is 9.15. The summed E-state index contributed by atoms with van der Waals surface area (Å²) in [4.78, 5) is 4.12. The number of nitrogens with zero attached hydrogens (tertiary/aromatic N) is 2. The molecule has 1 aromatic heterocycles. The van der Waals surface area contributed by atoms with Gasteiger partial charge in [0, 0.05) is 18.9 Å². The molecule has 0 saturated heterocycles. The third-order valence-corrected chi connectivity index (χ3v) is 7.19. The van der Waals surface area contributed by atoms with Crippen molar-refractivity contribution in [1.29, 1.82) is 5.26 Å². The highest BCUT2D eigenvalue weighted by molar-refractivity contribution is 5.32. The lowest BCUT2D eigenvalue weighted by atomic mass is 10.0. The second-order valence-corrected chi connectivity index (χ2v) is 10.7. The lowest BCUT2D eigenvalue weighted by Crippen LogP contribution is -2.24. The predicted molar refractivity (Wildman–Crippen MR) is 158 cm³/mol. The molecule has 0 fully saturated rings. The molecule has 1 heterocycles. The van der Waals surface area contributed by atoms with E-state index in [0.717, 1.165) is 25.9 Å². The number of unbranched alkanes of at least 4 members (excludes halogenated alkanes) is 15. The van der Waals surface area contributed by atoms with Gasteiger partial charge in [-0.05, 0) is 24.8 Å². The fourth-order valence-corrected chi connectivity index (χ4v) is 4.85. The number of pyridine rings is 1. The number of ether oxygens (including phenoxy) is 2. The van der Waals surface area contributed by atoms with Crippen molar-refractivity contribution in [3.8, 4) is 11.8 Å². The minimum Gasteiger partial charge on any atom is -0.486 e. The minimum atomic E-state index is -0.0630. The highest BCUT2D eigenvalue weighted by Crippen LogP contribution is 2.17. The van der Waals surface area contributed by atoms with Crippen molar-refractivity contribution in [2.45, 2.75) is 129 Å². The minimum absolute atomic E-state index is 0.0630. The first-order valence-corrected chi connectivity index (χ1v) is 15.4. The van der Waals surface area contributed by atoms with Crippen LogP contribution in [0.25, 0.3) is 0 Å². The second-order valence-electron chi connectivity index (χ2n) is 10.7. The molecule has 0 saturated carbocycles. The average molecular weight is 521 g/mol. The van der Waals surface area contributed by atoms with Gasteiger partial charge < -0.3 is 9.47 Å². The first-order chi connectivity index (χ1) is 18.8. The van der Waals surface area contributed by atoms with E-state index in [9.17, 15) is 0 Å². The molecule has 0 radical (unpaired) electrons. The summed E-state index contributed by atoms with van der Waals surface area (Å²) >= 11 is 0. The SMILES string of the molecule is CCCCCCCCCCCCCCCCCCOC[C@@H](CCc1ccccc1)Oc1cncc(C#N)c1. The zero-order valence-electron chi connectivity index (χ0n) is 24.0. The standard InChI is InChI=1S/C34H52N2O2/c1-2-3-4-5-6-7-8-9-10-11-12-13-14-15-16-20-25-37-30-33(24-23-31-21-18-17-19-22-31)38-34-26-32(27-35)28-36-29-34/h17-19,21-22,26,28-29,33H,2-16,20,23-25,30H2,1H3/t33-/m1/s1. The van der Waals surface area contributed by atoms with Crippen molar-refractivity contribution < 1.29 is 9.47 Å². The lowest BCUT2D eigenvalue weighted by Gasteiger charge is -2.19. The zero-order chi connectivity index (χ0) is 26.9. The molecule has 0 aliphatic rings. The van der Waals surface area contributed by atoms with Crippen molar-refractivity contribution in [3.05, 3.63) is 59.9 Å². The second kappa shape index (κ2) is 22.6. The van der Waals surface area contributed by atoms with Crippen molar-refractivity contribution in [2.24, 2.45) is 0 Å². The Morgan fingerprint density at radius 3 is 1.92 bits per heavy atom. The molecule has 210 valence electrons. The number of aryl methyl sites for hydroxylation is 1. The van der Waals surface area contributed by atoms with Gasteiger partial charge in [0.05, 0.1) is 18.4 Å². The van der Waals surface area contributed by atoms with Gasteiger partial charge in [-0.3, -0.25) is 4.98 Å². The Morgan fingerprint density at radius 1 is 0.763 bits per heavy atom. The number of benzene rings is 1. The summed E-state index contributed by atoms with van der Waals surface area (Å²) in [5, 5.41) is 9.15. The van der Waals surface area contributed by atoms with E-state index in [1.165, 1.54) is 102 Å². The maximum atomic E-state index is 9.15. The van der Waals surface area contributed by atoms with E-state index in [0.29, 0.717) is 17.9 Å². The molecule has 38 heavy (non-hydrogen) atoms. The zero-order valence-corrected chi connectivity index (χ0v) is 24.0. The molecule has 0 amide bonds. The van der Waals surface area contributed by atoms with Crippen molar-refractivity contribution in [2.75, 3.05) is 13.2 Å². The average Bonchev–Trinajstić information content (AvgIpc) is 2.95. The van der Waals surface area contributed by atoms with Crippen LogP contribution in [0.3, 0.4) is 0 Å². The summed E-state index contributed by atoms with van der Waals surface area (Å²) in [6.45, 7) is 3.62. The van der Waals surface area contributed by atoms with Gasteiger partial charge in [0.25, 0.3) is 0 Å². The van der Waals surface area contributed by atoms with Crippen LogP contribution in [0.2, 0.25) is 0 Å². The van der Waals surface area contributed by atoms with Crippen LogP contribution in [0.5, 0.6) is 5.75 Å². The first-order valence-electron chi connectivity index (χ1n) is 15.4. The Hall–Kier alpha value is -2.38. The van der Waals surface area contributed by atoms with Gasteiger partial charge in [0.2, 0.25) is 0 Å². The first kappa shape index (κ1) is 31.8. The Morgan fingerprint density at radius 2 is 1.34 bits per heavy atom. The van der Waals surface area contributed by atoms with E-state index in [2.05, 4.69) is 42.2 Å². The van der Waals surface area contributed by atoms with E-state index in [1.807, 2.05) is 6.07 Å². The predicted octanol–water partition coefficient (Wildman–Crippen LogP) is 9.61. The Labute approximate surface area is 233 Å². The molecule has 0 N–H and O–H groups in total. The third kappa shape index (κ3) is 16.5. The van der Waals surface area contributed by atoms with Crippen LogP contribution in [-0.2, 0) is 11.2 Å². The van der Waals surface area contributed by atoms with Gasteiger partial charge >= 0.3 is 0 Å². The van der Waals surface area contributed by atoms with E-state index >= 15 is 0 Å². The van der Waals surface area contributed by atoms with Crippen molar-refractivity contribution in [1.82, 2.24) is 4.98 Å². The lowest BCUT2D eigenvalue weighted by molar-refractivity contribution is 0.0441.